The van der Waals surface area contributed by atoms with Gasteiger partial charge in [-0.05, 0) is 73.4 Å². The Balaban J connectivity index is 1.52. The maximum Gasteiger partial charge on any atom is 0.123 e. The van der Waals surface area contributed by atoms with Crippen LogP contribution in [-0.4, -0.2) is 24.0 Å². The van der Waals surface area contributed by atoms with Gasteiger partial charge in [0.25, 0.3) is 0 Å². The number of likely N-dealkylation sites (tertiary alicyclic amines) is 1. The minimum Gasteiger partial charge on any atom is -0.300 e. The molecule has 2 heteroatoms. The summed E-state index contributed by atoms with van der Waals surface area (Å²) in [4.78, 5) is 2.73. The first-order valence-electron chi connectivity index (χ1n) is 10.3. The van der Waals surface area contributed by atoms with Crippen molar-refractivity contribution in [2.45, 2.75) is 57.4 Å². The van der Waals surface area contributed by atoms with E-state index in [1.165, 1.54) is 48.9 Å². The second kappa shape index (κ2) is 7.92. The number of halogens is 1. The zero-order chi connectivity index (χ0) is 17.9. The van der Waals surface area contributed by atoms with E-state index in [1.807, 2.05) is 12.1 Å². The molecule has 1 saturated heterocycles. The summed E-state index contributed by atoms with van der Waals surface area (Å²) in [6.45, 7) is 4.63. The van der Waals surface area contributed by atoms with Gasteiger partial charge in [0.05, 0.1) is 0 Å². The van der Waals surface area contributed by atoms with Gasteiger partial charge in [-0.2, -0.15) is 0 Å². The van der Waals surface area contributed by atoms with E-state index in [9.17, 15) is 4.39 Å². The highest BCUT2D eigenvalue weighted by atomic mass is 19.1. The van der Waals surface area contributed by atoms with Gasteiger partial charge in [0, 0.05) is 18.5 Å². The van der Waals surface area contributed by atoms with E-state index in [-0.39, 0.29) is 5.82 Å². The average Bonchev–Trinajstić information content (AvgIpc) is 2.96. The molecular weight excluding hydrogens is 321 g/mol. The Labute approximate surface area is 157 Å². The van der Waals surface area contributed by atoms with Crippen molar-refractivity contribution in [3.8, 4) is 0 Å². The van der Waals surface area contributed by atoms with Gasteiger partial charge in [0.2, 0.25) is 0 Å². The van der Waals surface area contributed by atoms with Crippen LogP contribution in [-0.2, 0) is 6.42 Å². The number of aryl methyl sites for hydroxylation is 1. The van der Waals surface area contributed by atoms with E-state index >= 15 is 0 Å². The van der Waals surface area contributed by atoms with E-state index in [0.717, 1.165) is 31.3 Å². The predicted octanol–water partition coefficient (Wildman–Crippen LogP) is 5.78. The smallest absolute Gasteiger partial charge is 0.123 e. The average molecular weight is 352 g/mol. The molecule has 0 N–H and O–H groups in total. The van der Waals surface area contributed by atoms with Gasteiger partial charge < -0.3 is 4.90 Å². The zero-order valence-corrected chi connectivity index (χ0v) is 15.8. The lowest BCUT2D eigenvalue weighted by Gasteiger charge is -2.27. The number of hydrogen-bond acceptors (Lipinski definition) is 1. The summed E-state index contributed by atoms with van der Waals surface area (Å²) >= 11 is 0. The molecule has 2 aromatic carbocycles. The maximum absolute atomic E-state index is 13.4. The van der Waals surface area contributed by atoms with Gasteiger partial charge in [0.1, 0.15) is 5.82 Å². The molecule has 2 aliphatic rings. The van der Waals surface area contributed by atoms with E-state index in [4.69, 9.17) is 0 Å². The quantitative estimate of drug-likeness (QED) is 0.637. The Kier molecular flexibility index (Phi) is 5.40. The zero-order valence-electron chi connectivity index (χ0n) is 15.8. The van der Waals surface area contributed by atoms with Crippen molar-refractivity contribution in [2.75, 3.05) is 13.1 Å². The molecule has 1 aliphatic carbocycles. The molecule has 3 atom stereocenters. The lowest BCUT2D eigenvalue weighted by atomic mass is 9.87. The first-order chi connectivity index (χ1) is 12.7. The third-order valence-corrected chi connectivity index (χ3v) is 6.53. The van der Waals surface area contributed by atoms with Crippen molar-refractivity contribution in [1.82, 2.24) is 4.90 Å². The van der Waals surface area contributed by atoms with Gasteiger partial charge in [0.15, 0.2) is 0 Å². The fraction of sp³-hybridized carbons (Fsp3) is 0.500. The van der Waals surface area contributed by atoms with Gasteiger partial charge in [-0.1, -0.05) is 49.7 Å². The van der Waals surface area contributed by atoms with Gasteiger partial charge in [-0.3, -0.25) is 0 Å². The maximum atomic E-state index is 13.4. The minimum atomic E-state index is -0.151. The molecular formula is C24H30FN. The van der Waals surface area contributed by atoms with Crippen LogP contribution in [0.2, 0.25) is 0 Å². The Morgan fingerprint density at radius 3 is 2.35 bits per heavy atom. The van der Waals surface area contributed by atoms with Crippen LogP contribution in [0.5, 0.6) is 0 Å². The second-order valence-corrected chi connectivity index (χ2v) is 8.17. The number of hydrogen-bond donors (Lipinski definition) is 0. The molecule has 1 nitrogen and oxygen atoms in total. The molecule has 0 spiro atoms. The molecule has 0 amide bonds. The largest absolute Gasteiger partial charge is 0.300 e. The second-order valence-electron chi connectivity index (χ2n) is 8.17. The van der Waals surface area contributed by atoms with E-state index in [0.29, 0.717) is 5.92 Å². The molecule has 26 heavy (non-hydrogen) atoms. The van der Waals surface area contributed by atoms with Crippen LogP contribution in [0.25, 0.3) is 0 Å². The number of fused-ring (bicyclic) bond motifs is 2. The molecule has 1 saturated carbocycles. The number of rotatable bonds is 6. The van der Waals surface area contributed by atoms with Crippen molar-refractivity contribution in [3.05, 3.63) is 71.0 Å². The first kappa shape index (κ1) is 17.7. The summed E-state index contributed by atoms with van der Waals surface area (Å²) in [7, 11) is 0. The Morgan fingerprint density at radius 1 is 1.00 bits per heavy atom. The molecule has 0 radical (unpaired) electrons. The molecule has 1 heterocycles. The first-order valence-corrected chi connectivity index (χ1v) is 10.3. The van der Waals surface area contributed by atoms with E-state index in [2.05, 4.69) is 36.1 Å². The third kappa shape index (κ3) is 3.86. The van der Waals surface area contributed by atoms with Gasteiger partial charge >= 0.3 is 0 Å². The Bertz CT molecular complexity index is 706. The number of benzene rings is 2. The van der Waals surface area contributed by atoms with Gasteiger partial charge in [-0.15, -0.1) is 0 Å². The highest BCUT2D eigenvalue weighted by Gasteiger charge is 2.34. The summed E-state index contributed by atoms with van der Waals surface area (Å²) in [5.41, 5.74) is 3.97. The lowest BCUT2D eigenvalue weighted by molar-refractivity contribution is 0.239. The third-order valence-electron chi connectivity index (χ3n) is 6.53. The molecule has 4 rings (SSSR count). The minimum absolute atomic E-state index is 0.151. The molecule has 3 unspecified atom stereocenters. The van der Waals surface area contributed by atoms with E-state index in [1.54, 1.807) is 12.1 Å². The number of nitrogens with zero attached hydrogens (tertiary/aromatic N) is 1. The normalized spacial score (nSPS) is 23.9. The molecule has 138 valence electrons. The monoisotopic (exact) mass is 351 g/mol. The molecule has 0 aromatic heterocycles. The summed E-state index contributed by atoms with van der Waals surface area (Å²) in [5, 5.41) is 0. The van der Waals surface area contributed by atoms with Crippen LogP contribution in [0, 0.1) is 11.7 Å². The molecule has 1 aliphatic heterocycles. The summed E-state index contributed by atoms with van der Waals surface area (Å²) < 4.78 is 13.4. The standard InChI is InChI=1S/C24H30FN/c1-2-18-6-8-20(9-7-18)24(21-10-12-22(25)13-11-21)14-15-26-17-19-4-3-5-23(26)16-19/h6-13,19,23-24H,2-5,14-17H2,1H3. The van der Waals surface area contributed by atoms with Crippen molar-refractivity contribution in [2.24, 2.45) is 5.92 Å². The van der Waals surface area contributed by atoms with Crippen molar-refractivity contribution in [3.63, 3.8) is 0 Å². The highest BCUT2D eigenvalue weighted by molar-refractivity contribution is 5.34. The molecule has 2 aromatic rings. The van der Waals surface area contributed by atoms with Crippen LogP contribution in [0.4, 0.5) is 4.39 Å². The Hall–Kier alpha value is -1.67. The summed E-state index contributed by atoms with van der Waals surface area (Å²) in [6, 6.07) is 17.0. The van der Waals surface area contributed by atoms with E-state index < -0.39 is 0 Å². The predicted molar refractivity (Wildman–Crippen MR) is 106 cm³/mol. The van der Waals surface area contributed by atoms with Crippen molar-refractivity contribution in [1.29, 1.82) is 0 Å². The lowest BCUT2D eigenvalue weighted by Crippen LogP contribution is -2.30. The van der Waals surface area contributed by atoms with Crippen LogP contribution in [0.15, 0.2) is 48.5 Å². The highest BCUT2D eigenvalue weighted by Crippen LogP contribution is 2.37. The van der Waals surface area contributed by atoms with Crippen molar-refractivity contribution >= 4 is 0 Å². The fourth-order valence-electron chi connectivity index (χ4n) is 5.02. The van der Waals surface area contributed by atoms with Crippen LogP contribution in [0.1, 0.15) is 61.6 Å². The molecule has 2 fully saturated rings. The van der Waals surface area contributed by atoms with Gasteiger partial charge in [-0.25, -0.2) is 4.39 Å². The SMILES string of the molecule is CCc1ccc(C(CCN2CC3CCCC2C3)c2ccc(F)cc2)cc1. The molecule has 2 bridgehead atoms. The van der Waals surface area contributed by atoms with Crippen LogP contribution in [0.3, 0.4) is 0 Å². The summed E-state index contributed by atoms with van der Waals surface area (Å²) in [6.07, 6.45) is 7.80. The van der Waals surface area contributed by atoms with Crippen LogP contribution < -0.4 is 0 Å². The summed E-state index contributed by atoms with van der Waals surface area (Å²) in [5.74, 6) is 1.13. The Morgan fingerprint density at radius 2 is 1.69 bits per heavy atom. The fourth-order valence-corrected chi connectivity index (χ4v) is 5.02. The van der Waals surface area contributed by atoms with Crippen LogP contribution >= 0.6 is 0 Å². The topological polar surface area (TPSA) is 3.24 Å². The van der Waals surface area contributed by atoms with Crippen molar-refractivity contribution < 1.29 is 4.39 Å².